The summed E-state index contributed by atoms with van der Waals surface area (Å²) in [6.45, 7) is 5.97. The number of benzene rings is 1. The summed E-state index contributed by atoms with van der Waals surface area (Å²) in [6.07, 6.45) is 6.48. The summed E-state index contributed by atoms with van der Waals surface area (Å²) < 4.78 is 2.22. The van der Waals surface area contributed by atoms with Crippen molar-refractivity contribution in [1.29, 1.82) is 0 Å². The van der Waals surface area contributed by atoms with Gasteiger partial charge in [0.25, 0.3) is 0 Å². The maximum Gasteiger partial charge on any atom is 0.226 e. The molecule has 0 radical (unpaired) electrons. The predicted molar refractivity (Wildman–Crippen MR) is 91.3 cm³/mol. The highest BCUT2D eigenvalue weighted by atomic mass is 16.2. The maximum atomic E-state index is 12.6. The van der Waals surface area contributed by atoms with Crippen molar-refractivity contribution in [3.63, 3.8) is 0 Å². The molecule has 0 spiro atoms. The molecule has 23 heavy (non-hydrogen) atoms. The van der Waals surface area contributed by atoms with Crippen LogP contribution >= 0.6 is 0 Å². The van der Waals surface area contributed by atoms with Crippen LogP contribution in [0.25, 0.3) is 0 Å². The van der Waals surface area contributed by atoms with Crippen molar-refractivity contribution >= 4 is 5.91 Å². The number of rotatable bonds is 4. The molecule has 1 aliphatic heterocycles. The van der Waals surface area contributed by atoms with Gasteiger partial charge in [0, 0.05) is 39.0 Å². The van der Waals surface area contributed by atoms with Crippen LogP contribution in [0.5, 0.6) is 0 Å². The quantitative estimate of drug-likeness (QED) is 0.871. The first-order valence-electron chi connectivity index (χ1n) is 8.33. The molecule has 1 aliphatic rings. The molecule has 0 bridgehead atoms. The van der Waals surface area contributed by atoms with E-state index in [0.717, 1.165) is 37.3 Å². The van der Waals surface area contributed by atoms with Gasteiger partial charge in [-0.05, 0) is 37.3 Å². The average Bonchev–Trinajstić information content (AvgIpc) is 2.98. The van der Waals surface area contributed by atoms with Gasteiger partial charge in [-0.2, -0.15) is 0 Å². The third kappa shape index (κ3) is 3.63. The molecule has 0 saturated carbocycles. The number of imidazole rings is 1. The first kappa shape index (κ1) is 15.8. The molecular weight excluding hydrogens is 286 g/mol. The van der Waals surface area contributed by atoms with Crippen LogP contribution in [-0.4, -0.2) is 34.0 Å². The lowest BCUT2D eigenvalue weighted by molar-refractivity contribution is -0.129. The van der Waals surface area contributed by atoms with Gasteiger partial charge in [-0.1, -0.05) is 23.8 Å². The molecule has 1 atom stereocenters. The Morgan fingerprint density at radius 1 is 1.39 bits per heavy atom. The number of nitrogens with zero attached hydrogens (tertiary/aromatic N) is 3. The number of likely N-dealkylation sites (N-methyl/N-ethyl adjacent to an activating group) is 1. The SMILES string of the molecule is Cc1ccc(C)c(CC(=O)N(C)CC2CCn3ccnc3C2)c1. The van der Waals surface area contributed by atoms with Crippen molar-refractivity contribution in [2.75, 3.05) is 13.6 Å². The second-order valence-corrected chi connectivity index (χ2v) is 6.78. The molecule has 1 aromatic carbocycles. The highest BCUT2D eigenvalue weighted by molar-refractivity contribution is 5.79. The molecular formula is C19H25N3O. The lowest BCUT2D eigenvalue weighted by Gasteiger charge is -2.28. The van der Waals surface area contributed by atoms with Gasteiger partial charge in [0.1, 0.15) is 5.82 Å². The molecule has 2 heterocycles. The number of hydrogen-bond donors (Lipinski definition) is 0. The fourth-order valence-electron chi connectivity index (χ4n) is 3.35. The Kier molecular flexibility index (Phi) is 4.51. The minimum absolute atomic E-state index is 0.201. The van der Waals surface area contributed by atoms with E-state index in [1.165, 1.54) is 11.1 Å². The Balaban J connectivity index is 1.59. The standard InChI is InChI=1S/C19H25N3O/c1-14-4-5-15(2)17(10-14)12-19(23)21(3)13-16-6-8-22-9-7-20-18(22)11-16/h4-5,7,9-10,16H,6,8,11-13H2,1-3H3. The smallest absolute Gasteiger partial charge is 0.226 e. The van der Waals surface area contributed by atoms with E-state index < -0.39 is 0 Å². The minimum atomic E-state index is 0.201. The van der Waals surface area contributed by atoms with E-state index in [9.17, 15) is 4.79 Å². The summed E-state index contributed by atoms with van der Waals surface area (Å²) in [5.74, 6) is 1.86. The zero-order chi connectivity index (χ0) is 16.4. The fraction of sp³-hybridized carbons (Fsp3) is 0.474. The molecule has 4 heteroatoms. The summed E-state index contributed by atoms with van der Waals surface area (Å²) in [6, 6.07) is 6.31. The first-order chi connectivity index (χ1) is 11.0. The summed E-state index contributed by atoms with van der Waals surface area (Å²) in [5, 5.41) is 0. The molecule has 4 nitrogen and oxygen atoms in total. The van der Waals surface area contributed by atoms with Crippen LogP contribution in [-0.2, 0) is 24.2 Å². The summed E-state index contributed by atoms with van der Waals surface area (Å²) in [4.78, 5) is 18.9. The molecule has 2 aromatic rings. The highest BCUT2D eigenvalue weighted by Crippen LogP contribution is 2.20. The van der Waals surface area contributed by atoms with Gasteiger partial charge in [0.05, 0.1) is 6.42 Å². The third-order valence-corrected chi connectivity index (χ3v) is 4.86. The van der Waals surface area contributed by atoms with E-state index in [2.05, 4.69) is 41.6 Å². The van der Waals surface area contributed by atoms with Crippen molar-refractivity contribution in [2.45, 2.75) is 39.7 Å². The summed E-state index contributed by atoms with van der Waals surface area (Å²) >= 11 is 0. The maximum absolute atomic E-state index is 12.6. The highest BCUT2D eigenvalue weighted by Gasteiger charge is 2.22. The predicted octanol–water partition coefficient (Wildman–Crippen LogP) is 2.76. The molecule has 1 unspecified atom stereocenters. The lowest BCUT2D eigenvalue weighted by Crippen LogP contribution is -2.35. The van der Waals surface area contributed by atoms with E-state index in [1.807, 2.05) is 24.3 Å². The van der Waals surface area contributed by atoms with E-state index in [-0.39, 0.29) is 5.91 Å². The van der Waals surface area contributed by atoms with Gasteiger partial charge in [-0.3, -0.25) is 4.79 Å². The second-order valence-electron chi connectivity index (χ2n) is 6.78. The molecule has 0 aliphatic carbocycles. The van der Waals surface area contributed by atoms with Crippen molar-refractivity contribution in [1.82, 2.24) is 14.5 Å². The van der Waals surface area contributed by atoms with Gasteiger partial charge >= 0.3 is 0 Å². The van der Waals surface area contributed by atoms with Crippen LogP contribution in [0, 0.1) is 19.8 Å². The number of amides is 1. The van der Waals surface area contributed by atoms with Crippen molar-refractivity contribution in [3.8, 4) is 0 Å². The normalized spacial score (nSPS) is 16.9. The number of carbonyl (C=O) groups is 1. The molecule has 1 amide bonds. The van der Waals surface area contributed by atoms with E-state index in [0.29, 0.717) is 12.3 Å². The van der Waals surface area contributed by atoms with Crippen LogP contribution < -0.4 is 0 Å². The summed E-state index contributed by atoms with van der Waals surface area (Å²) in [7, 11) is 1.93. The van der Waals surface area contributed by atoms with E-state index in [4.69, 9.17) is 0 Å². The monoisotopic (exact) mass is 311 g/mol. The van der Waals surface area contributed by atoms with Crippen LogP contribution in [0.3, 0.4) is 0 Å². The van der Waals surface area contributed by atoms with Gasteiger partial charge in [0.15, 0.2) is 0 Å². The molecule has 122 valence electrons. The van der Waals surface area contributed by atoms with E-state index >= 15 is 0 Å². The number of aryl methyl sites for hydroxylation is 3. The molecule has 1 aromatic heterocycles. The van der Waals surface area contributed by atoms with Gasteiger partial charge in [-0.15, -0.1) is 0 Å². The fourth-order valence-corrected chi connectivity index (χ4v) is 3.35. The number of aromatic nitrogens is 2. The second kappa shape index (κ2) is 6.57. The van der Waals surface area contributed by atoms with Gasteiger partial charge in [-0.25, -0.2) is 4.98 Å². The largest absolute Gasteiger partial charge is 0.345 e. The number of fused-ring (bicyclic) bond motifs is 1. The minimum Gasteiger partial charge on any atom is -0.345 e. The van der Waals surface area contributed by atoms with Crippen LogP contribution in [0.1, 0.15) is 28.9 Å². The topological polar surface area (TPSA) is 38.1 Å². The van der Waals surface area contributed by atoms with Crippen molar-refractivity contribution in [3.05, 3.63) is 53.1 Å². The Labute approximate surface area is 138 Å². The van der Waals surface area contributed by atoms with Gasteiger partial charge < -0.3 is 9.47 Å². The van der Waals surface area contributed by atoms with Gasteiger partial charge in [0.2, 0.25) is 5.91 Å². The summed E-state index contributed by atoms with van der Waals surface area (Å²) in [5.41, 5.74) is 3.54. The molecule has 0 N–H and O–H groups in total. The van der Waals surface area contributed by atoms with Crippen LogP contribution in [0.2, 0.25) is 0 Å². The van der Waals surface area contributed by atoms with Crippen molar-refractivity contribution in [2.24, 2.45) is 5.92 Å². The molecule has 3 rings (SSSR count). The van der Waals surface area contributed by atoms with Crippen LogP contribution in [0.4, 0.5) is 0 Å². The first-order valence-corrected chi connectivity index (χ1v) is 8.33. The molecule has 0 saturated heterocycles. The number of hydrogen-bond acceptors (Lipinski definition) is 2. The zero-order valence-electron chi connectivity index (χ0n) is 14.2. The molecule has 0 fully saturated rings. The lowest BCUT2D eigenvalue weighted by atomic mass is 9.96. The van der Waals surface area contributed by atoms with Crippen LogP contribution in [0.15, 0.2) is 30.6 Å². The Morgan fingerprint density at radius 2 is 2.22 bits per heavy atom. The Bertz CT molecular complexity index is 704. The average molecular weight is 311 g/mol. The van der Waals surface area contributed by atoms with E-state index in [1.54, 1.807) is 0 Å². The zero-order valence-corrected chi connectivity index (χ0v) is 14.2. The number of carbonyl (C=O) groups excluding carboxylic acids is 1. The third-order valence-electron chi connectivity index (χ3n) is 4.86. The van der Waals surface area contributed by atoms with Crippen molar-refractivity contribution < 1.29 is 4.79 Å². The Hall–Kier alpha value is -2.10. The Morgan fingerprint density at radius 3 is 3.04 bits per heavy atom.